The first-order valence-electron chi connectivity index (χ1n) is 10.0. The minimum absolute atomic E-state index is 0.437. The van der Waals surface area contributed by atoms with Crippen molar-refractivity contribution in [3.05, 3.63) is 89.0 Å². The summed E-state index contributed by atoms with van der Waals surface area (Å²) in [6.07, 6.45) is 1.99. The van der Waals surface area contributed by atoms with E-state index >= 15 is 0 Å². The van der Waals surface area contributed by atoms with E-state index in [4.69, 9.17) is 4.99 Å². The van der Waals surface area contributed by atoms with Gasteiger partial charge in [-0.2, -0.15) is 0 Å². The summed E-state index contributed by atoms with van der Waals surface area (Å²) in [6.45, 7) is 11.0. The smallest absolute Gasteiger partial charge is 0.0699 e. The molecule has 2 heteroatoms. The number of aliphatic imine (C=N–C) groups is 1. The number of benzene rings is 3. The van der Waals surface area contributed by atoms with E-state index in [2.05, 4.69) is 107 Å². The van der Waals surface area contributed by atoms with Gasteiger partial charge in [0.15, 0.2) is 0 Å². The van der Waals surface area contributed by atoms with Crippen LogP contribution in [0.3, 0.4) is 0 Å². The molecule has 0 saturated heterocycles. The zero-order chi connectivity index (χ0) is 20.1. The van der Waals surface area contributed by atoms with Gasteiger partial charge in [-0.15, -0.1) is 0 Å². The Hall–Kier alpha value is -2.87. The number of anilines is 2. The van der Waals surface area contributed by atoms with Crippen molar-refractivity contribution >= 4 is 23.3 Å². The van der Waals surface area contributed by atoms with Crippen molar-refractivity contribution in [1.29, 1.82) is 0 Å². The quantitative estimate of drug-likeness (QED) is 0.441. The van der Waals surface area contributed by atoms with Crippen LogP contribution in [-0.2, 0) is 0 Å². The predicted molar refractivity (Wildman–Crippen MR) is 123 cm³/mol. The molecule has 0 aliphatic carbocycles. The molecule has 0 amide bonds. The van der Waals surface area contributed by atoms with Crippen LogP contribution in [-0.4, -0.2) is 6.21 Å². The fraction of sp³-hybridized carbons (Fsp3) is 0.269. The maximum Gasteiger partial charge on any atom is 0.0699 e. The molecule has 3 rings (SSSR count). The molecule has 0 spiro atoms. The van der Waals surface area contributed by atoms with Crippen molar-refractivity contribution in [2.75, 3.05) is 5.32 Å². The minimum Gasteiger partial charge on any atom is -0.355 e. The van der Waals surface area contributed by atoms with Crippen LogP contribution in [0.1, 0.15) is 61.8 Å². The lowest BCUT2D eigenvalue weighted by atomic mass is 9.93. The molecule has 3 aromatic carbocycles. The van der Waals surface area contributed by atoms with Crippen LogP contribution in [0.25, 0.3) is 0 Å². The van der Waals surface area contributed by atoms with E-state index in [0.717, 1.165) is 22.6 Å². The second-order valence-electron chi connectivity index (χ2n) is 7.93. The summed E-state index contributed by atoms with van der Waals surface area (Å²) < 4.78 is 0. The molecule has 0 radical (unpaired) electrons. The Labute approximate surface area is 169 Å². The van der Waals surface area contributed by atoms with Crippen molar-refractivity contribution in [1.82, 2.24) is 0 Å². The Bertz CT molecular complexity index is 924. The molecular formula is C26H30N2. The largest absolute Gasteiger partial charge is 0.355 e. The van der Waals surface area contributed by atoms with Gasteiger partial charge in [-0.25, -0.2) is 0 Å². The van der Waals surface area contributed by atoms with Crippen molar-refractivity contribution in [3.8, 4) is 0 Å². The van der Waals surface area contributed by atoms with Crippen molar-refractivity contribution in [2.45, 2.75) is 46.5 Å². The number of rotatable bonds is 6. The molecule has 2 nitrogen and oxygen atoms in total. The SMILES string of the molecule is Cc1ccc(Nc2ccccc2C=Nc2c(C(C)C)cccc2C(C)C)cc1. The van der Waals surface area contributed by atoms with Gasteiger partial charge >= 0.3 is 0 Å². The Balaban J connectivity index is 1.97. The zero-order valence-corrected chi connectivity index (χ0v) is 17.5. The number of aryl methyl sites for hydroxylation is 1. The van der Waals surface area contributed by atoms with E-state index in [-0.39, 0.29) is 0 Å². The highest BCUT2D eigenvalue weighted by atomic mass is 14.9. The van der Waals surface area contributed by atoms with Gasteiger partial charge in [-0.05, 0) is 48.1 Å². The monoisotopic (exact) mass is 370 g/mol. The molecule has 0 saturated carbocycles. The highest BCUT2D eigenvalue weighted by Gasteiger charge is 2.12. The van der Waals surface area contributed by atoms with E-state index in [1.165, 1.54) is 16.7 Å². The number of para-hydroxylation sites is 2. The maximum atomic E-state index is 4.97. The third-order valence-electron chi connectivity index (χ3n) is 4.97. The van der Waals surface area contributed by atoms with Crippen molar-refractivity contribution in [3.63, 3.8) is 0 Å². The van der Waals surface area contributed by atoms with Crippen LogP contribution in [0.15, 0.2) is 71.7 Å². The summed E-state index contributed by atoms with van der Waals surface area (Å²) in [5.41, 5.74) is 8.18. The summed E-state index contributed by atoms with van der Waals surface area (Å²) in [5.74, 6) is 0.874. The Morgan fingerprint density at radius 2 is 1.36 bits per heavy atom. The lowest BCUT2D eigenvalue weighted by Crippen LogP contribution is -1.97. The summed E-state index contributed by atoms with van der Waals surface area (Å²) in [6, 6.07) is 23.3. The molecule has 0 fully saturated rings. The van der Waals surface area contributed by atoms with Gasteiger partial charge in [0.2, 0.25) is 0 Å². The molecule has 0 unspecified atom stereocenters. The number of nitrogens with zero attached hydrogens (tertiary/aromatic N) is 1. The summed E-state index contributed by atoms with van der Waals surface area (Å²) in [7, 11) is 0. The molecule has 1 N–H and O–H groups in total. The Kier molecular flexibility index (Phi) is 6.30. The van der Waals surface area contributed by atoms with Crippen LogP contribution >= 0.6 is 0 Å². The molecule has 0 atom stereocenters. The number of hydrogen-bond acceptors (Lipinski definition) is 2. The molecule has 0 aliphatic heterocycles. The van der Waals surface area contributed by atoms with Gasteiger partial charge in [-0.1, -0.05) is 81.8 Å². The topological polar surface area (TPSA) is 24.4 Å². The molecule has 0 bridgehead atoms. The highest BCUT2D eigenvalue weighted by molar-refractivity contribution is 5.91. The van der Waals surface area contributed by atoms with E-state index in [9.17, 15) is 0 Å². The van der Waals surface area contributed by atoms with Gasteiger partial charge in [0.25, 0.3) is 0 Å². The fourth-order valence-corrected chi connectivity index (χ4v) is 3.31. The molecule has 0 aliphatic rings. The fourth-order valence-electron chi connectivity index (χ4n) is 3.31. The average Bonchev–Trinajstić information content (AvgIpc) is 2.68. The number of hydrogen-bond donors (Lipinski definition) is 1. The lowest BCUT2D eigenvalue weighted by molar-refractivity contribution is 0.835. The molecule has 3 aromatic rings. The highest BCUT2D eigenvalue weighted by Crippen LogP contribution is 2.34. The summed E-state index contributed by atoms with van der Waals surface area (Å²) in [5, 5.41) is 3.52. The van der Waals surface area contributed by atoms with Gasteiger partial charge in [0.05, 0.1) is 5.69 Å². The molecule has 28 heavy (non-hydrogen) atoms. The Morgan fingerprint density at radius 1 is 0.750 bits per heavy atom. The first-order valence-corrected chi connectivity index (χ1v) is 10.0. The average molecular weight is 371 g/mol. The van der Waals surface area contributed by atoms with Gasteiger partial charge in [-0.3, -0.25) is 4.99 Å². The third kappa shape index (κ3) is 4.69. The lowest BCUT2D eigenvalue weighted by Gasteiger charge is -2.16. The van der Waals surface area contributed by atoms with Gasteiger partial charge in [0.1, 0.15) is 0 Å². The maximum absolute atomic E-state index is 4.97. The Morgan fingerprint density at radius 3 is 1.96 bits per heavy atom. The van der Waals surface area contributed by atoms with Crippen molar-refractivity contribution < 1.29 is 0 Å². The second-order valence-corrected chi connectivity index (χ2v) is 7.93. The molecular weight excluding hydrogens is 340 g/mol. The standard InChI is InChI=1S/C26H30N2/c1-18(2)23-10-8-11-24(19(3)4)26(23)27-17-21-9-6-7-12-25(21)28-22-15-13-20(5)14-16-22/h6-19,28H,1-5H3. The van der Waals surface area contributed by atoms with Crippen LogP contribution in [0.4, 0.5) is 17.1 Å². The van der Waals surface area contributed by atoms with E-state index < -0.39 is 0 Å². The van der Waals surface area contributed by atoms with Gasteiger partial charge in [0, 0.05) is 23.2 Å². The second kappa shape index (κ2) is 8.88. The van der Waals surface area contributed by atoms with Crippen LogP contribution in [0.2, 0.25) is 0 Å². The van der Waals surface area contributed by atoms with E-state index in [1.807, 2.05) is 6.21 Å². The minimum atomic E-state index is 0.437. The number of nitrogens with one attached hydrogen (secondary N) is 1. The van der Waals surface area contributed by atoms with E-state index in [0.29, 0.717) is 11.8 Å². The molecule has 0 heterocycles. The zero-order valence-electron chi connectivity index (χ0n) is 17.5. The summed E-state index contributed by atoms with van der Waals surface area (Å²) in [4.78, 5) is 4.97. The van der Waals surface area contributed by atoms with Crippen molar-refractivity contribution in [2.24, 2.45) is 4.99 Å². The van der Waals surface area contributed by atoms with Crippen LogP contribution in [0, 0.1) is 6.92 Å². The van der Waals surface area contributed by atoms with Crippen LogP contribution in [0.5, 0.6) is 0 Å². The van der Waals surface area contributed by atoms with Crippen LogP contribution < -0.4 is 5.32 Å². The predicted octanol–water partition coefficient (Wildman–Crippen LogP) is 7.74. The summed E-state index contributed by atoms with van der Waals surface area (Å²) >= 11 is 0. The first-order chi connectivity index (χ1) is 13.5. The first kappa shape index (κ1) is 19.9. The third-order valence-corrected chi connectivity index (χ3v) is 4.97. The molecule has 0 aromatic heterocycles. The van der Waals surface area contributed by atoms with E-state index in [1.54, 1.807) is 0 Å². The van der Waals surface area contributed by atoms with Gasteiger partial charge < -0.3 is 5.32 Å². The molecule has 144 valence electrons. The normalized spacial score (nSPS) is 11.5.